The van der Waals surface area contributed by atoms with E-state index < -0.39 is 0 Å². The van der Waals surface area contributed by atoms with Gasteiger partial charge in [-0.1, -0.05) is 47.6 Å². The van der Waals surface area contributed by atoms with Crippen LogP contribution in [0.15, 0.2) is 59.1 Å². The third-order valence-electron chi connectivity index (χ3n) is 4.56. The SMILES string of the molecule is Cc1noc2c1CCN(C(=O)c1ccc(-c3ccccc3)cc1)C2. The van der Waals surface area contributed by atoms with Gasteiger partial charge in [0.25, 0.3) is 5.91 Å². The first kappa shape index (κ1) is 14.7. The number of fused-ring (bicyclic) bond motifs is 1. The molecule has 1 amide bonds. The summed E-state index contributed by atoms with van der Waals surface area (Å²) >= 11 is 0. The van der Waals surface area contributed by atoms with Gasteiger partial charge in [0, 0.05) is 17.7 Å². The summed E-state index contributed by atoms with van der Waals surface area (Å²) in [6, 6.07) is 17.9. The van der Waals surface area contributed by atoms with Crippen LogP contribution in [0.4, 0.5) is 0 Å². The van der Waals surface area contributed by atoms with Crippen molar-refractivity contribution in [2.75, 3.05) is 6.54 Å². The molecule has 0 fully saturated rings. The zero-order valence-electron chi connectivity index (χ0n) is 13.5. The average Bonchev–Trinajstić information content (AvgIpc) is 3.02. The topological polar surface area (TPSA) is 46.3 Å². The van der Waals surface area contributed by atoms with E-state index in [1.165, 1.54) is 0 Å². The zero-order chi connectivity index (χ0) is 16.5. The Labute approximate surface area is 140 Å². The summed E-state index contributed by atoms with van der Waals surface area (Å²) in [5.74, 6) is 0.849. The molecule has 0 aliphatic carbocycles. The number of carbonyl (C=O) groups is 1. The van der Waals surface area contributed by atoms with E-state index in [0.29, 0.717) is 18.7 Å². The summed E-state index contributed by atoms with van der Waals surface area (Å²) in [6.45, 7) is 3.14. The van der Waals surface area contributed by atoms with Gasteiger partial charge in [-0.25, -0.2) is 0 Å². The molecule has 120 valence electrons. The fraction of sp³-hybridized carbons (Fsp3) is 0.200. The fourth-order valence-corrected chi connectivity index (χ4v) is 3.17. The average molecular weight is 318 g/mol. The summed E-state index contributed by atoms with van der Waals surface area (Å²) < 4.78 is 5.34. The van der Waals surface area contributed by atoms with Gasteiger partial charge in [0.1, 0.15) is 0 Å². The van der Waals surface area contributed by atoms with Crippen molar-refractivity contribution in [1.29, 1.82) is 0 Å². The highest BCUT2D eigenvalue weighted by molar-refractivity contribution is 5.94. The molecule has 4 rings (SSSR count). The molecular weight excluding hydrogens is 300 g/mol. The summed E-state index contributed by atoms with van der Waals surface area (Å²) in [5.41, 5.74) is 5.05. The minimum atomic E-state index is 0.0364. The normalized spacial score (nSPS) is 13.6. The molecule has 0 atom stereocenters. The molecule has 0 saturated heterocycles. The summed E-state index contributed by atoms with van der Waals surface area (Å²) in [7, 11) is 0. The first-order valence-corrected chi connectivity index (χ1v) is 8.11. The number of carbonyl (C=O) groups excluding carboxylic acids is 1. The van der Waals surface area contributed by atoms with Gasteiger partial charge in [-0.3, -0.25) is 4.79 Å². The van der Waals surface area contributed by atoms with Crippen LogP contribution in [0.2, 0.25) is 0 Å². The fourth-order valence-electron chi connectivity index (χ4n) is 3.17. The quantitative estimate of drug-likeness (QED) is 0.721. The van der Waals surface area contributed by atoms with Crippen LogP contribution in [0, 0.1) is 6.92 Å². The van der Waals surface area contributed by atoms with Crippen LogP contribution in [0.3, 0.4) is 0 Å². The maximum atomic E-state index is 12.7. The lowest BCUT2D eigenvalue weighted by Crippen LogP contribution is -2.35. The highest BCUT2D eigenvalue weighted by Gasteiger charge is 2.26. The van der Waals surface area contributed by atoms with Crippen molar-refractivity contribution < 1.29 is 9.32 Å². The second-order valence-corrected chi connectivity index (χ2v) is 6.09. The second-order valence-electron chi connectivity index (χ2n) is 6.09. The molecule has 1 aliphatic rings. The monoisotopic (exact) mass is 318 g/mol. The van der Waals surface area contributed by atoms with E-state index in [-0.39, 0.29) is 5.91 Å². The van der Waals surface area contributed by atoms with Crippen molar-refractivity contribution in [2.24, 2.45) is 0 Å². The smallest absolute Gasteiger partial charge is 0.254 e. The van der Waals surface area contributed by atoms with E-state index in [1.54, 1.807) is 0 Å². The van der Waals surface area contributed by atoms with Crippen molar-refractivity contribution >= 4 is 5.91 Å². The van der Waals surface area contributed by atoms with Crippen LogP contribution in [0.25, 0.3) is 11.1 Å². The van der Waals surface area contributed by atoms with Crippen LogP contribution in [-0.2, 0) is 13.0 Å². The van der Waals surface area contributed by atoms with Gasteiger partial charge in [0.15, 0.2) is 5.76 Å². The molecule has 1 aliphatic heterocycles. The maximum absolute atomic E-state index is 12.7. The van der Waals surface area contributed by atoms with Gasteiger partial charge >= 0.3 is 0 Å². The van der Waals surface area contributed by atoms with Crippen molar-refractivity contribution in [2.45, 2.75) is 19.9 Å². The molecule has 24 heavy (non-hydrogen) atoms. The Balaban J connectivity index is 1.53. The third-order valence-corrected chi connectivity index (χ3v) is 4.56. The molecule has 3 aromatic rings. The van der Waals surface area contributed by atoms with Gasteiger partial charge in [-0.05, 0) is 36.6 Å². The Morgan fingerprint density at radius 2 is 1.75 bits per heavy atom. The number of hydrogen-bond donors (Lipinski definition) is 0. The van der Waals surface area contributed by atoms with Crippen LogP contribution in [0.5, 0.6) is 0 Å². The number of amides is 1. The second kappa shape index (κ2) is 5.96. The van der Waals surface area contributed by atoms with E-state index in [2.05, 4.69) is 17.3 Å². The molecular formula is C20H18N2O2. The molecule has 0 unspecified atom stereocenters. The van der Waals surface area contributed by atoms with E-state index in [4.69, 9.17) is 4.52 Å². The summed E-state index contributed by atoms with van der Waals surface area (Å²) in [6.07, 6.45) is 0.804. The predicted molar refractivity (Wildman–Crippen MR) is 91.6 cm³/mol. The summed E-state index contributed by atoms with van der Waals surface area (Å²) in [5, 5.41) is 4.00. The lowest BCUT2D eigenvalue weighted by atomic mass is 10.0. The Morgan fingerprint density at radius 3 is 2.50 bits per heavy atom. The predicted octanol–water partition coefficient (Wildman–Crippen LogP) is 3.85. The highest BCUT2D eigenvalue weighted by Crippen LogP contribution is 2.24. The number of hydrogen-bond acceptors (Lipinski definition) is 3. The zero-order valence-corrected chi connectivity index (χ0v) is 13.5. The van der Waals surface area contributed by atoms with E-state index >= 15 is 0 Å². The van der Waals surface area contributed by atoms with Crippen LogP contribution >= 0.6 is 0 Å². The molecule has 2 aromatic carbocycles. The lowest BCUT2D eigenvalue weighted by Gasteiger charge is -2.25. The molecule has 4 nitrogen and oxygen atoms in total. The van der Waals surface area contributed by atoms with Gasteiger partial charge in [-0.2, -0.15) is 0 Å². The first-order chi connectivity index (χ1) is 11.7. The minimum Gasteiger partial charge on any atom is -0.359 e. The molecule has 0 N–H and O–H groups in total. The standard InChI is InChI=1S/C20H18N2O2/c1-14-18-11-12-22(13-19(18)24-21-14)20(23)17-9-7-16(8-10-17)15-5-3-2-4-6-15/h2-10H,11-13H2,1H3. The Bertz CT molecular complexity index is 866. The number of benzene rings is 2. The molecule has 0 bridgehead atoms. The van der Waals surface area contributed by atoms with Crippen LogP contribution in [0.1, 0.15) is 27.4 Å². The van der Waals surface area contributed by atoms with Crippen LogP contribution < -0.4 is 0 Å². The van der Waals surface area contributed by atoms with Crippen LogP contribution in [-0.4, -0.2) is 22.5 Å². The van der Waals surface area contributed by atoms with E-state index in [1.807, 2.05) is 54.3 Å². The van der Waals surface area contributed by atoms with Gasteiger partial charge in [-0.15, -0.1) is 0 Å². The molecule has 0 spiro atoms. The minimum absolute atomic E-state index is 0.0364. The Hall–Kier alpha value is -2.88. The molecule has 0 saturated carbocycles. The Kier molecular flexibility index (Phi) is 3.65. The number of aromatic nitrogens is 1. The Morgan fingerprint density at radius 1 is 1.04 bits per heavy atom. The van der Waals surface area contributed by atoms with Gasteiger partial charge in [0.05, 0.1) is 12.2 Å². The van der Waals surface area contributed by atoms with Crippen molar-refractivity contribution in [3.05, 3.63) is 77.2 Å². The largest absolute Gasteiger partial charge is 0.359 e. The summed E-state index contributed by atoms with van der Waals surface area (Å²) in [4.78, 5) is 14.6. The van der Waals surface area contributed by atoms with Crippen molar-refractivity contribution in [3.63, 3.8) is 0 Å². The lowest BCUT2D eigenvalue weighted by molar-refractivity contribution is 0.0716. The third kappa shape index (κ3) is 2.60. The van der Waals surface area contributed by atoms with E-state index in [0.717, 1.165) is 34.6 Å². The molecule has 0 radical (unpaired) electrons. The van der Waals surface area contributed by atoms with Crippen molar-refractivity contribution in [3.8, 4) is 11.1 Å². The maximum Gasteiger partial charge on any atom is 0.254 e. The number of rotatable bonds is 2. The molecule has 1 aromatic heterocycles. The first-order valence-electron chi connectivity index (χ1n) is 8.11. The van der Waals surface area contributed by atoms with E-state index in [9.17, 15) is 4.79 Å². The van der Waals surface area contributed by atoms with Gasteiger partial charge < -0.3 is 9.42 Å². The number of nitrogens with zero attached hydrogens (tertiary/aromatic N) is 2. The van der Waals surface area contributed by atoms with Crippen molar-refractivity contribution in [1.82, 2.24) is 10.1 Å². The molecule has 2 heterocycles. The highest BCUT2D eigenvalue weighted by atomic mass is 16.5. The number of aryl methyl sites for hydroxylation is 1. The molecule has 4 heteroatoms. The van der Waals surface area contributed by atoms with Gasteiger partial charge in [0.2, 0.25) is 0 Å².